The van der Waals surface area contributed by atoms with Gasteiger partial charge in [0.05, 0.1) is 10.6 Å². The predicted octanol–water partition coefficient (Wildman–Crippen LogP) is 3.17. The fraction of sp³-hybridized carbons (Fsp3) is 0.571. The number of hydrogen-bond donors (Lipinski definition) is 2. The van der Waals surface area contributed by atoms with Crippen molar-refractivity contribution >= 4 is 23.3 Å². The Balaban J connectivity index is 2.75. The van der Waals surface area contributed by atoms with Crippen molar-refractivity contribution in [1.29, 1.82) is 0 Å². The lowest BCUT2D eigenvalue weighted by atomic mass is 9.85. The van der Waals surface area contributed by atoms with E-state index >= 15 is 0 Å². The molecule has 0 spiro atoms. The highest BCUT2D eigenvalue weighted by Crippen LogP contribution is 2.24. The molecule has 0 unspecified atom stereocenters. The maximum absolute atomic E-state index is 11.0. The molecule has 0 saturated heterocycles. The van der Waals surface area contributed by atoms with Gasteiger partial charge in [-0.2, -0.15) is 0 Å². The fourth-order valence-corrected chi connectivity index (χ4v) is 2.39. The molecule has 0 bridgehead atoms. The number of anilines is 1. The van der Waals surface area contributed by atoms with Crippen LogP contribution < -0.4 is 11.1 Å². The molecule has 1 rings (SSSR count). The number of nitrogens with one attached hydrogen (secondary N) is 1. The van der Waals surface area contributed by atoms with Gasteiger partial charge < -0.3 is 11.1 Å². The van der Waals surface area contributed by atoms with Gasteiger partial charge in [-0.05, 0) is 23.8 Å². The summed E-state index contributed by atoms with van der Waals surface area (Å²) in [6.45, 7) is 9.63. The SMILES string of the molecule is CC(C)C(CNc1ncc(C(N)=O)cc1Cl)C(C)C. The minimum atomic E-state index is -0.525. The summed E-state index contributed by atoms with van der Waals surface area (Å²) in [5, 5.41) is 3.67. The van der Waals surface area contributed by atoms with Crippen molar-refractivity contribution < 1.29 is 4.79 Å². The minimum Gasteiger partial charge on any atom is -0.369 e. The molecule has 1 aromatic heterocycles. The zero-order valence-electron chi connectivity index (χ0n) is 11.9. The molecule has 5 heteroatoms. The van der Waals surface area contributed by atoms with E-state index in [4.69, 9.17) is 17.3 Å². The van der Waals surface area contributed by atoms with Crippen LogP contribution in [-0.4, -0.2) is 17.4 Å². The van der Waals surface area contributed by atoms with Gasteiger partial charge in [-0.15, -0.1) is 0 Å². The standard InChI is InChI=1S/C14H22ClN3O/c1-8(2)11(9(3)4)7-18-14-12(15)5-10(6-17-14)13(16)19/h5-6,8-9,11H,7H2,1-4H3,(H2,16,19)(H,17,18). The van der Waals surface area contributed by atoms with Crippen LogP contribution in [-0.2, 0) is 0 Å². The van der Waals surface area contributed by atoms with Crippen LogP contribution in [0.2, 0.25) is 5.02 Å². The zero-order chi connectivity index (χ0) is 14.6. The molecular weight excluding hydrogens is 262 g/mol. The van der Waals surface area contributed by atoms with Crippen LogP contribution >= 0.6 is 11.6 Å². The molecule has 0 aliphatic rings. The molecule has 0 atom stereocenters. The minimum absolute atomic E-state index is 0.319. The molecule has 0 aliphatic heterocycles. The number of rotatable bonds is 6. The summed E-state index contributed by atoms with van der Waals surface area (Å²) in [6, 6.07) is 1.54. The zero-order valence-corrected chi connectivity index (χ0v) is 12.7. The summed E-state index contributed by atoms with van der Waals surface area (Å²) in [5.41, 5.74) is 5.50. The average molecular weight is 284 g/mol. The maximum Gasteiger partial charge on any atom is 0.250 e. The Morgan fingerprint density at radius 2 is 1.95 bits per heavy atom. The second kappa shape index (κ2) is 6.75. The number of nitrogens with two attached hydrogens (primary N) is 1. The van der Waals surface area contributed by atoms with Crippen molar-refractivity contribution in [2.24, 2.45) is 23.5 Å². The Morgan fingerprint density at radius 3 is 2.37 bits per heavy atom. The molecule has 0 fully saturated rings. The lowest BCUT2D eigenvalue weighted by Crippen LogP contribution is -2.25. The first-order chi connectivity index (χ1) is 8.82. The van der Waals surface area contributed by atoms with Crippen LogP contribution in [0.4, 0.5) is 5.82 Å². The molecule has 1 heterocycles. The lowest BCUT2D eigenvalue weighted by molar-refractivity contribution is 0.1000. The van der Waals surface area contributed by atoms with Crippen molar-refractivity contribution in [3.63, 3.8) is 0 Å². The van der Waals surface area contributed by atoms with Gasteiger partial charge in [0, 0.05) is 12.7 Å². The number of halogens is 1. The number of hydrogen-bond acceptors (Lipinski definition) is 3. The van der Waals surface area contributed by atoms with E-state index in [2.05, 4.69) is 38.0 Å². The largest absolute Gasteiger partial charge is 0.369 e. The van der Waals surface area contributed by atoms with Crippen LogP contribution in [0.5, 0.6) is 0 Å². The van der Waals surface area contributed by atoms with Crippen LogP contribution in [0.3, 0.4) is 0 Å². The number of carbonyl (C=O) groups is 1. The number of carbonyl (C=O) groups excluding carboxylic acids is 1. The van der Waals surface area contributed by atoms with Crippen molar-refractivity contribution in [1.82, 2.24) is 4.98 Å². The molecule has 0 saturated carbocycles. The second-order valence-corrected chi connectivity index (χ2v) is 5.86. The second-order valence-electron chi connectivity index (χ2n) is 5.45. The summed E-state index contributed by atoms with van der Waals surface area (Å²) in [5.74, 6) is 1.77. The number of aromatic nitrogens is 1. The molecule has 1 aromatic rings. The summed E-state index contributed by atoms with van der Waals surface area (Å²) >= 11 is 6.08. The van der Waals surface area contributed by atoms with Gasteiger partial charge in [0.15, 0.2) is 0 Å². The van der Waals surface area contributed by atoms with Gasteiger partial charge in [0.1, 0.15) is 5.82 Å². The number of pyridine rings is 1. The average Bonchev–Trinajstić information content (AvgIpc) is 2.29. The maximum atomic E-state index is 11.0. The highest BCUT2D eigenvalue weighted by atomic mass is 35.5. The van der Waals surface area contributed by atoms with Crippen LogP contribution in [0.1, 0.15) is 38.1 Å². The summed E-state index contributed by atoms with van der Waals surface area (Å²) in [7, 11) is 0. The van der Waals surface area contributed by atoms with Crippen molar-refractivity contribution in [3.05, 3.63) is 22.8 Å². The van der Waals surface area contributed by atoms with Gasteiger partial charge >= 0.3 is 0 Å². The van der Waals surface area contributed by atoms with Crippen molar-refractivity contribution in [2.45, 2.75) is 27.7 Å². The molecule has 0 aromatic carbocycles. The van der Waals surface area contributed by atoms with Gasteiger partial charge in [-0.1, -0.05) is 39.3 Å². The van der Waals surface area contributed by atoms with Crippen LogP contribution in [0.15, 0.2) is 12.3 Å². The summed E-state index contributed by atoms with van der Waals surface area (Å²) in [4.78, 5) is 15.2. The molecular formula is C14H22ClN3O. The van der Waals surface area contributed by atoms with E-state index < -0.39 is 5.91 Å². The predicted molar refractivity (Wildman–Crippen MR) is 79.4 cm³/mol. The Kier molecular flexibility index (Phi) is 5.60. The first-order valence-electron chi connectivity index (χ1n) is 6.52. The van der Waals surface area contributed by atoms with E-state index in [-0.39, 0.29) is 0 Å². The first kappa shape index (κ1) is 15.8. The molecule has 1 amide bonds. The number of amides is 1. The monoisotopic (exact) mass is 283 g/mol. The van der Waals surface area contributed by atoms with E-state index in [9.17, 15) is 4.79 Å². The van der Waals surface area contributed by atoms with Crippen LogP contribution in [0, 0.1) is 17.8 Å². The van der Waals surface area contributed by atoms with Gasteiger partial charge in [-0.3, -0.25) is 4.79 Å². The summed E-state index contributed by atoms with van der Waals surface area (Å²) < 4.78 is 0. The molecule has 106 valence electrons. The van der Waals surface area contributed by atoms with E-state index in [1.807, 2.05) is 0 Å². The Bertz CT molecular complexity index is 438. The number of primary amides is 1. The van der Waals surface area contributed by atoms with E-state index in [1.165, 1.54) is 6.20 Å². The summed E-state index contributed by atoms with van der Waals surface area (Å²) in [6.07, 6.45) is 1.44. The number of nitrogens with zero attached hydrogens (tertiary/aromatic N) is 1. The molecule has 3 N–H and O–H groups in total. The lowest BCUT2D eigenvalue weighted by Gasteiger charge is -2.25. The van der Waals surface area contributed by atoms with E-state index in [1.54, 1.807) is 6.07 Å². The molecule has 19 heavy (non-hydrogen) atoms. The first-order valence-corrected chi connectivity index (χ1v) is 6.90. The Hall–Kier alpha value is -1.29. The third-order valence-electron chi connectivity index (χ3n) is 3.34. The Morgan fingerprint density at radius 1 is 1.37 bits per heavy atom. The van der Waals surface area contributed by atoms with Gasteiger partial charge in [0.2, 0.25) is 5.91 Å². The highest BCUT2D eigenvalue weighted by molar-refractivity contribution is 6.33. The topological polar surface area (TPSA) is 68.0 Å². The quantitative estimate of drug-likeness (QED) is 0.842. The third-order valence-corrected chi connectivity index (χ3v) is 3.63. The van der Waals surface area contributed by atoms with Crippen LogP contribution in [0.25, 0.3) is 0 Å². The van der Waals surface area contributed by atoms with Gasteiger partial charge in [0.25, 0.3) is 0 Å². The molecule has 0 aliphatic carbocycles. The van der Waals surface area contributed by atoms with Gasteiger partial charge in [-0.25, -0.2) is 4.98 Å². The van der Waals surface area contributed by atoms with Crippen molar-refractivity contribution in [2.75, 3.05) is 11.9 Å². The smallest absolute Gasteiger partial charge is 0.250 e. The van der Waals surface area contributed by atoms with E-state index in [0.717, 1.165) is 6.54 Å². The molecule has 0 radical (unpaired) electrons. The highest BCUT2D eigenvalue weighted by Gasteiger charge is 2.18. The normalized spacial score (nSPS) is 11.4. The Labute approximate surface area is 119 Å². The van der Waals surface area contributed by atoms with E-state index in [0.29, 0.717) is 34.2 Å². The van der Waals surface area contributed by atoms with Crippen molar-refractivity contribution in [3.8, 4) is 0 Å². The third kappa shape index (κ3) is 4.39. The molecule has 4 nitrogen and oxygen atoms in total. The fourth-order valence-electron chi connectivity index (χ4n) is 2.16.